The van der Waals surface area contributed by atoms with Crippen molar-refractivity contribution >= 4 is 11.9 Å². The van der Waals surface area contributed by atoms with Gasteiger partial charge in [0.05, 0.1) is 12.5 Å². The van der Waals surface area contributed by atoms with E-state index in [1.807, 2.05) is 24.3 Å². The van der Waals surface area contributed by atoms with Gasteiger partial charge in [0.15, 0.2) is 6.10 Å². The first-order valence-electron chi connectivity index (χ1n) is 10.3. The summed E-state index contributed by atoms with van der Waals surface area (Å²) >= 11 is 0. The van der Waals surface area contributed by atoms with Gasteiger partial charge in [-0.05, 0) is 61.6 Å². The molecular weight excluding hydrogens is 385 g/mol. The molecule has 1 atom stereocenters. The zero-order valence-corrected chi connectivity index (χ0v) is 17.4. The first-order chi connectivity index (χ1) is 14.4. The highest BCUT2D eigenvalue weighted by atomic mass is 19.1. The molecule has 1 aliphatic rings. The number of ether oxygens (including phenoxy) is 2. The number of carbonyl (C=O) groups is 2. The molecule has 2 aromatic rings. The van der Waals surface area contributed by atoms with Gasteiger partial charge in [0, 0.05) is 6.54 Å². The van der Waals surface area contributed by atoms with Gasteiger partial charge in [0.1, 0.15) is 11.6 Å². The average molecular weight is 413 g/mol. The molecule has 3 rings (SSSR count). The summed E-state index contributed by atoms with van der Waals surface area (Å²) < 4.78 is 24.0. The van der Waals surface area contributed by atoms with Crippen LogP contribution < -0.4 is 10.1 Å². The summed E-state index contributed by atoms with van der Waals surface area (Å²) in [7, 11) is 1.61. The molecule has 0 aliphatic heterocycles. The Bertz CT molecular complexity index is 858. The Morgan fingerprint density at radius 2 is 1.70 bits per heavy atom. The molecule has 0 spiro atoms. The maximum atomic E-state index is 13.3. The zero-order valence-electron chi connectivity index (χ0n) is 17.4. The lowest BCUT2D eigenvalue weighted by atomic mass is 9.79. The van der Waals surface area contributed by atoms with E-state index in [1.54, 1.807) is 26.2 Å². The molecule has 0 bridgehead atoms. The minimum Gasteiger partial charge on any atom is -0.497 e. The number of amides is 1. The molecule has 1 fully saturated rings. The van der Waals surface area contributed by atoms with E-state index in [0.717, 1.165) is 29.7 Å². The van der Waals surface area contributed by atoms with E-state index in [4.69, 9.17) is 9.47 Å². The van der Waals surface area contributed by atoms with Crippen molar-refractivity contribution in [2.45, 2.75) is 50.5 Å². The Hall–Kier alpha value is -2.89. The lowest BCUT2D eigenvalue weighted by molar-refractivity contribution is -0.160. The number of hydrogen-bond acceptors (Lipinski definition) is 4. The lowest BCUT2D eigenvalue weighted by Crippen LogP contribution is -2.42. The summed E-state index contributed by atoms with van der Waals surface area (Å²) in [5.41, 5.74) is 1.02. The number of methoxy groups -OCH3 is 1. The van der Waals surface area contributed by atoms with Crippen LogP contribution >= 0.6 is 0 Å². The van der Waals surface area contributed by atoms with Gasteiger partial charge in [-0.2, -0.15) is 0 Å². The van der Waals surface area contributed by atoms with E-state index < -0.39 is 17.5 Å². The maximum Gasteiger partial charge on any atom is 0.317 e. The van der Waals surface area contributed by atoms with Crippen molar-refractivity contribution in [3.05, 3.63) is 65.5 Å². The standard InChI is InChI=1S/C24H28FNO4/c1-17(22(27)26-16-13-18-5-11-21(29-2)12-6-18)30-23(28)24(14-3-4-15-24)19-7-9-20(25)10-8-19/h5-12,17H,3-4,13-16H2,1-2H3,(H,26,27)/t17-/m0/s1. The topological polar surface area (TPSA) is 64.6 Å². The molecule has 6 heteroatoms. The van der Waals surface area contributed by atoms with Crippen molar-refractivity contribution in [2.24, 2.45) is 0 Å². The molecule has 1 aliphatic carbocycles. The Labute approximate surface area is 176 Å². The fourth-order valence-corrected chi connectivity index (χ4v) is 3.95. The summed E-state index contributed by atoms with van der Waals surface area (Å²) in [5.74, 6) is -0.302. The van der Waals surface area contributed by atoms with Crippen LogP contribution in [0.4, 0.5) is 4.39 Å². The summed E-state index contributed by atoms with van der Waals surface area (Å²) in [6.07, 6.45) is 2.85. The predicted octanol–water partition coefficient (Wildman–Crippen LogP) is 3.94. The first-order valence-corrected chi connectivity index (χ1v) is 10.3. The van der Waals surface area contributed by atoms with E-state index in [0.29, 0.717) is 25.8 Å². The smallest absolute Gasteiger partial charge is 0.317 e. The van der Waals surface area contributed by atoms with Gasteiger partial charge in [-0.1, -0.05) is 37.1 Å². The molecule has 0 unspecified atom stereocenters. The number of esters is 1. The Morgan fingerprint density at radius 1 is 1.07 bits per heavy atom. The van der Waals surface area contributed by atoms with Crippen molar-refractivity contribution in [1.29, 1.82) is 0 Å². The van der Waals surface area contributed by atoms with Crippen molar-refractivity contribution in [3.63, 3.8) is 0 Å². The molecule has 2 aromatic carbocycles. The monoisotopic (exact) mass is 413 g/mol. The van der Waals surface area contributed by atoms with Gasteiger partial charge < -0.3 is 14.8 Å². The van der Waals surface area contributed by atoms with Gasteiger partial charge >= 0.3 is 5.97 Å². The minimum atomic E-state index is -0.897. The highest BCUT2D eigenvalue weighted by Crippen LogP contribution is 2.42. The van der Waals surface area contributed by atoms with Crippen LogP contribution in [0.15, 0.2) is 48.5 Å². The largest absolute Gasteiger partial charge is 0.497 e. The summed E-state index contributed by atoms with van der Waals surface area (Å²) in [5, 5.41) is 2.82. The molecule has 1 N–H and O–H groups in total. The van der Waals surface area contributed by atoms with Crippen LogP contribution in [-0.2, 0) is 26.2 Å². The minimum absolute atomic E-state index is 0.330. The average Bonchev–Trinajstić information content (AvgIpc) is 3.26. The zero-order chi connectivity index (χ0) is 21.6. The highest BCUT2D eigenvalue weighted by Gasteiger charge is 2.45. The molecule has 1 amide bonds. The number of hydrogen-bond donors (Lipinski definition) is 1. The van der Waals surface area contributed by atoms with Crippen LogP contribution in [0.2, 0.25) is 0 Å². The van der Waals surface area contributed by atoms with Crippen molar-refractivity contribution in [2.75, 3.05) is 13.7 Å². The summed E-state index contributed by atoms with van der Waals surface area (Å²) in [4.78, 5) is 25.4. The van der Waals surface area contributed by atoms with Gasteiger partial charge in [-0.15, -0.1) is 0 Å². The fraction of sp³-hybridized carbons (Fsp3) is 0.417. The van der Waals surface area contributed by atoms with Crippen LogP contribution in [0.25, 0.3) is 0 Å². The van der Waals surface area contributed by atoms with E-state index in [9.17, 15) is 14.0 Å². The third-order valence-electron chi connectivity index (χ3n) is 5.77. The molecule has 0 aromatic heterocycles. The Morgan fingerprint density at radius 3 is 2.30 bits per heavy atom. The van der Waals surface area contributed by atoms with Crippen molar-refractivity contribution in [1.82, 2.24) is 5.32 Å². The third kappa shape index (κ3) is 4.99. The molecule has 0 radical (unpaired) electrons. The highest BCUT2D eigenvalue weighted by molar-refractivity contribution is 5.88. The summed E-state index contributed by atoms with van der Waals surface area (Å²) in [6.45, 7) is 2.02. The maximum absolute atomic E-state index is 13.3. The van der Waals surface area contributed by atoms with Crippen LogP contribution in [0, 0.1) is 5.82 Å². The lowest BCUT2D eigenvalue weighted by Gasteiger charge is -2.28. The molecule has 5 nitrogen and oxygen atoms in total. The predicted molar refractivity (Wildman–Crippen MR) is 112 cm³/mol. The second-order valence-corrected chi connectivity index (χ2v) is 7.73. The SMILES string of the molecule is COc1ccc(CCNC(=O)[C@H](C)OC(=O)C2(c3ccc(F)cc3)CCCC2)cc1. The van der Waals surface area contributed by atoms with Gasteiger partial charge in [-0.25, -0.2) is 4.39 Å². The molecule has 30 heavy (non-hydrogen) atoms. The van der Waals surface area contributed by atoms with Crippen molar-refractivity contribution < 1.29 is 23.5 Å². The molecular formula is C24H28FNO4. The second-order valence-electron chi connectivity index (χ2n) is 7.73. The first kappa shape index (κ1) is 21.8. The van der Waals surface area contributed by atoms with E-state index in [-0.39, 0.29) is 11.7 Å². The molecule has 160 valence electrons. The molecule has 0 heterocycles. The van der Waals surface area contributed by atoms with Crippen LogP contribution in [0.1, 0.15) is 43.7 Å². The van der Waals surface area contributed by atoms with Crippen molar-refractivity contribution in [3.8, 4) is 5.75 Å². The van der Waals surface area contributed by atoms with E-state index in [2.05, 4.69) is 5.32 Å². The number of rotatable bonds is 8. The Balaban J connectivity index is 1.55. The second kappa shape index (κ2) is 9.74. The van der Waals surface area contributed by atoms with Gasteiger partial charge in [-0.3, -0.25) is 9.59 Å². The number of halogens is 1. The Kier molecular flexibility index (Phi) is 7.08. The molecule has 0 saturated heterocycles. The van der Waals surface area contributed by atoms with Crippen LogP contribution in [0.3, 0.4) is 0 Å². The van der Waals surface area contributed by atoms with Crippen LogP contribution in [0.5, 0.6) is 5.75 Å². The summed E-state index contributed by atoms with van der Waals surface area (Å²) in [6, 6.07) is 13.6. The third-order valence-corrected chi connectivity index (χ3v) is 5.77. The number of carbonyl (C=O) groups excluding carboxylic acids is 2. The normalized spacial score (nSPS) is 16.0. The van der Waals surface area contributed by atoms with Gasteiger partial charge in [0.2, 0.25) is 0 Å². The fourth-order valence-electron chi connectivity index (χ4n) is 3.95. The van der Waals surface area contributed by atoms with Crippen LogP contribution in [-0.4, -0.2) is 31.6 Å². The number of nitrogens with one attached hydrogen (secondary N) is 1. The number of benzene rings is 2. The van der Waals surface area contributed by atoms with E-state index >= 15 is 0 Å². The van der Waals surface area contributed by atoms with Gasteiger partial charge in [0.25, 0.3) is 5.91 Å². The van der Waals surface area contributed by atoms with E-state index in [1.165, 1.54) is 12.1 Å². The molecule has 1 saturated carbocycles. The quantitative estimate of drug-likeness (QED) is 0.666.